The van der Waals surface area contributed by atoms with Crippen LogP contribution in [0, 0.1) is 0 Å². The molecule has 0 bridgehead atoms. The number of hydrogen-bond donors (Lipinski definition) is 2. The van der Waals surface area contributed by atoms with E-state index in [2.05, 4.69) is 20.8 Å². The van der Waals surface area contributed by atoms with Crippen molar-refractivity contribution < 1.29 is 14.4 Å². The normalized spacial score (nSPS) is 19.1. The van der Waals surface area contributed by atoms with Crippen LogP contribution in [0.4, 0.5) is 0 Å². The molecule has 1 aliphatic rings. The molecule has 0 aliphatic carbocycles. The summed E-state index contributed by atoms with van der Waals surface area (Å²) in [5.74, 6) is -1.28. The third-order valence-electron chi connectivity index (χ3n) is 3.21. The lowest BCUT2D eigenvalue weighted by Crippen LogP contribution is -2.52. The second-order valence-electron chi connectivity index (χ2n) is 6.03. The molecule has 1 aliphatic heterocycles. The van der Waals surface area contributed by atoms with Gasteiger partial charge in [0.25, 0.3) is 5.91 Å². The largest absolute Gasteiger partial charge is 0.339 e. The minimum atomic E-state index is -0.709. The smallest absolute Gasteiger partial charge is 0.272 e. The highest BCUT2D eigenvalue weighted by molar-refractivity contribution is 6.03. The first kappa shape index (κ1) is 15.1. The van der Waals surface area contributed by atoms with Crippen LogP contribution in [0.25, 0.3) is 0 Å². The highest BCUT2D eigenvalue weighted by Gasteiger charge is 2.28. The Kier molecular flexibility index (Phi) is 4.02. The molecule has 1 aromatic heterocycles. The fraction of sp³-hybridized carbons (Fsp3) is 0.500. The first-order chi connectivity index (χ1) is 9.77. The van der Waals surface area contributed by atoms with E-state index in [-0.39, 0.29) is 23.4 Å². The molecule has 2 rings (SSSR count). The van der Waals surface area contributed by atoms with Crippen LogP contribution in [-0.2, 0) is 15.0 Å². The minimum absolute atomic E-state index is 0.146. The summed E-state index contributed by atoms with van der Waals surface area (Å²) in [4.78, 5) is 34.6. The third kappa shape index (κ3) is 3.62. The topological polar surface area (TPSA) is 101 Å². The van der Waals surface area contributed by atoms with Crippen molar-refractivity contribution in [2.75, 3.05) is 0 Å². The quantitative estimate of drug-likeness (QED) is 0.763. The van der Waals surface area contributed by atoms with Crippen LogP contribution in [-0.4, -0.2) is 34.0 Å². The second-order valence-corrected chi connectivity index (χ2v) is 6.03. The number of nitrogens with zero attached hydrogens (tertiary/aromatic N) is 2. The van der Waals surface area contributed by atoms with Crippen molar-refractivity contribution in [3.63, 3.8) is 0 Å². The summed E-state index contributed by atoms with van der Waals surface area (Å²) in [6.07, 6.45) is 0.509. The predicted octanol–water partition coefficient (Wildman–Crippen LogP) is 0.309. The van der Waals surface area contributed by atoms with Gasteiger partial charge in [0.15, 0.2) is 5.69 Å². The lowest BCUT2D eigenvalue weighted by atomic mass is 9.92. The summed E-state index contributed by atoms with van der Waals surface area (Å²) in [6, 6.07) is 2.61. The molecule has 2 N–H and O–H groups in total. The lowest BCUT2D eigenvalue weighted by molar-refractivity contribution is -0.134. The molecule has 0 aromatic carbocycles. The zero-order valence-corrected chi connectivity index (χ0v) is 12.3. The molecule has 1 fully saturated rings. The van der Waals surface area contributed by atoms with E-state index in [1.807, 2.05) is 20.8 Å². The number of aromatic nitrogens is 2. The van der Waals surface area contributed by atoms with Crippen molar-refractivity contribution in [3.05, 3.63) is 23.5 Å². The molecule has 1 unspecified atom stereocenters. The Morgan fingerprint density at radius 2 is 2.00 bits per heavy atom. The van der Waals surface area contributed by atoms with Crippen molar-refractivity contribution in [2.45, 2.75) is 45.1 Å². The Bertz CT molecular complexity index is 575. The predicted molar refractivity (Wildman–Crippen MR) is 74.4 cm³/mol. The summed E-state index contributed by atoms with van der Waals surface area (Å²) in [7, 11) is 0. The van der Waals surface area contributed by atoms with Crippen LogP contribution in [0.15, 0.2) is 12.1 Å². The molecule has 7 heteroatoms. The van der Waals surface area contributed by atoms with Gasteiger partial charge in [-0.3, -0.25) is 19.7 Å². The molecule has 7 nitrogen and oxygen atoms in total. The van der Waals surface area contributed by atoms with Crippen molar-refractivity contribution in [2.24, 2.45) is 0 Å². The van der Waals surface area contributed by atoms with Crippen LogP contribution in [0.3, 0.4) is 0 Å². The van der Waals surface area contributed by atoms with E-state index in [0.29, 0.717) is 6.42 Å². The molecule has 1 saturated heterocycles. The van der Waals surface area contributed by atoms with Crippen molar-refractivity contribution in [1.82, 2.24) is 20.8 Å². The lowest BCUT2D eigenvalue weighted by Gasteiger charge is -2.21. The second kappa shape index (κ2) is 5.59. The maximum atomic E-state index is 12.0. The van der Waals surface area contributed by atoms with Crippen LogP contribution in [0.1, 0.15) is 49.8 Å². The fourth-order valence-corrected chi connectivity index (χ4v) is 1.92. The van der Waals surface area contributed by atoms with Crippen molar-refractivity contribution in [1.29, 1.82) is 0 Å². The summed E-state index contributed by atoms with van der Waals surface area (Å²) < 4.78 is 0. The molecule has 0 spiro atoms. The Balaban J connectivity index is 2.04. The Morgan fingerprint density at radius 1 is 1.29 bits per heavy atom. The SMILES string of the molecule is CC(C)(C)c1ccc(C(=O)NC2CCC(=O)NC2=O)nn1. The third-order valence-corrected chi connectivity index (χ3v) is 3.21. The number of hydrogen-bond acceptors (Lipinski definition) is 5. The standard InChI is InChI=1S/C14H18N4O3/c1-14(2,3)10-6-4-9(17-18-10)13(21)15-8-5-7-11(19)16-12(8)20/h4,6,8H,5,7H2,1-3H3,(H,15,21)(H,16,19,20). The Hall–Kier alpha value is -2.31. The number of imide groups is 1. The highest BCUT2D eigenvalue weighted by atomic mass is 16.2. The first-order valence-corrected chi connectivity index (χ1v) is 6.76. The van der Waals surface area contributed by atoms with Crippen molar-refractivity contribution in [3.8, 4) is 0 Å². The zero-order valence-electron chi connectivity index (χ0n) is 12.3. The van der Waals surface area contributed by atoms with Gasteiger partial charge in [-0.15, -0.1) is 5.10 Å². The highest BCUT2D eigenvalue weighted by Crippen LogP contribution is 2.18. The summed E-state index contributed by atoms with van der Waals surface area (Å²) in [6.45, 7) is 6.00. The minimum Gasteiger partial charge on any atom is -0.339 e. The number of nitrogens with one attached hydrogen (secondary N) is 2. The van der Waals surface area contributed by atoms with Gasteiger partial charge in [-0.1, -0.05) is 20.8 Å². The van der Waals surface area contributed by atoms with Crippen LogP contribution in [0.5, 0.6) is 0 Å². The maximum Gasteiger partial charge on any atom is 0.272 e. The van der Waals surface area contributed by atoms with Gasteiger partial charge in [0.05, 0.1) is 5.69 Å². The molecule has 1 atom stereocenters. The first-order valence-electron chi connectivity index (χ1n) is 6.76. The Labute approximate surface area is 122 Å². The zero-order chi connectivity index (χ0) is 15.6. The number of amides is 3. The van der Waals surface area contributed by atoms with E-state index < -0.39 is 17.9 Å². The van der Waals surface area contributed by atoms with E-state index >= 15 is 0 Å². The molecule has 0 radical (unpaired) electrons. The van der Waals surface area contributed by atoms with E-state index in [0.717, 1.165) is 5.69 Å². The fourth-order valence-electron chi connectivity index (χ4n) is 1.92. The van der Waals surface area contributed by atoms with Gasteiger partial charge in [0.2, 0.25) is 11.8 Å². The van der Waals surface area contributed by atoms with E-state index in [1.165, 1.54) is 0 Å². The average Bonchev–Trinajstić information content (AvgIpc) is 2.41. The molecule has 112 valence electrons. The van der Waals surface area contributed by atoms with Gasteiger partial charge in [0, 0.05) is 11.8 Å². The number of rotatable bonds is 2. The monoisotopic (exact) mass is 290 g/mol. The molecule has 1 aromatic rings. The summed E-state index contributed by atoms with van der Waals surface area (Å²) in [5.41, 5.74) is 0.777. The van der Waals surface area contributed by atoms with Gasteiger partial charge in [-0.25, -0.2) is 0 Å². The van der Waals surface area contributed by atoms with Gasteiger partial charge >= 0.3 is 0 Å². The van der Waals surface area contributed by atoms with E-state index in [9.17, 15) is 14.4 Å². The molecular weight excluding hydrogens is 272 g/mol. The van der Waals surface area contributed by atoms with Gasteiger partial charge in [-0.2, -0.15) is 5.10 Å². The number of piperidine rings is 1. The molecule has 21 heavy (non-hydrogen) atoms. The van der Waals surface area contributed by atoms with E-state index in [4.69, 9.17) is 0 Å². The average molecular weight is 290 g/mol. The van der Waals surface area contributed by atoms with Crippen LogP contribution < -0.4 is 10.6 Å². The molecule has 2 heterocycles. The number of carbonyl (C=O) groups excluding carboxylic acids is 3. The maximum absolute atomic E-state index is 12.0. The summed E-state index contributed by atoms with van der Waals surface area (Å²) >= 11 is 0. The van der Waals surface area contributed by atoms with Crippen LogP contribution >= 0.6 is 0 Å². The number of carbonyl (C=O) groups is 3. The summed E-state index contributed by atoms with van der Waals surface area (Å²) in [5, 5.41) is 12.7. The van der Waals surface area contributed by atoms with Gasteiger partial charge in [-0.05, 0) is 18.6 Å². The van der Waals surface area contributed by atoms with Crippen molar-refractivity contribution >= 4 is 17.7 Å². The van der Waals surface area contributed by atoms with Gasteiger partial charge in [0.1, 0.15) is 6.04 Å². The molecule has 0 saturated carbocycles. The molecular formula is C14H18N4O3. The van der Waals surface area contributed by atoms with Gasteiger partial charge < -0.3 is 5.32 Å². The molecule has 3 amide bonds. The van der Waals surface area contributed by atoms with E-state index in [1.54, 1.807) is 12.1 Å². The van der Waals surface area contributed by atoms with Crippen LogP contribution in [0.2, 0.25) is 0 Å². The Morgan fingerprint density at radius 3 is 2.52 bits per heavy atom.